The molecule has 1 saturated heterocycles. The van der Waals surface area contributed by atoms with Crippen LogP contribution in [0.4, 0.5) is 0 Å². The molecular formula is C29H25N3O3S2. The Balaban J connectivity index is 1.58. The molecule has 0 atom stereocenters. The fourth-order valence-corrected chi connectivity index (χ4v) is 5.48. The average Bonchev–Trinajstić information content (AvgIpc) is 3.10. The molecular weight excluding hydrogens is 502 g/mol. The summed E-state index contributed by atoms with van der Waals surface area (Å²) in [6, 6.07) is 17.5. The minimum absolute atomic E-state index is 0.146. The zero-order valence-corrected chi connectivity index (χ0v) is 22.6. The molecule has 0 spiro atoms. The highest BCUT2D eigenvalue weighted by molar-refractivity contribution is 8.26. The number of amides is 1. The number of benzene rings is 2. The molecule has 0 unspecified atom stereocenters. The largest absolute Gasteiger partial charge is 0.438 e. The van der Waals surface area contributed by atoms with Crippen LogP contribution in [0.3, 0.4) is 0 Å². The number of thiocarbonyl (C=S) groups is 1. The zero-order chi connectivity index (χ0) is 26.3. The Morgan fingerprint density at radius 3 is 2.38 bits per heavy atom. The van der Waals surface area contributed by atoms with E-state index >= 15 is 0 Å². The molecule has 1 aliphatic heterocycles. The smallest absolute Gasteiger partial charge is 0.269 e. The molecule has 0 radical (unpaired) electrons. The number of fused-ring (bicyclic) bond motifs is 1. The Kier molecular flexibility index (Phi) is 6.70. The molecule has 0 aliphatic carbocycles. The third kappa shape index (κ3) is 5.08. The second-order valence-electron chi connectivity index (χ2n) is 9.20. The molecule has 186 valence electrons. The zero-order valence-electron chi connectivity index (χ0n) is 20.9. The summed E-state index contributed by atoms with van der Waals surface area (Å²) in [7, 11) is 0. The van der Waals surface area contributed by atoms with Crippen LogP contribution in [-0.4, -0.2) is 24.5 Å². The van der Waals surface area contributed by atoms with Gasteiger partial charge in [-0.15, -0.1) is 0 Å². The van der Waals surface area contributed by atoms with Gasteiger partial charge in [-0.1, -0.05) is 65.9 Å². The summed E-state index contributed by atoms with van der Waals surface area (Å²) in [4.78, 5) is 33.6. The van der Waals surface area contributed by atoms with Crippen LogP contribution in [0.2, 0.25) is 0 Å². The number of carbonyl (C=O) groups excluding carboxylic acids is 1. The standard InChI is InChI=1S/C29H25N3O3S2/c1-17-7-9-21(10-8-17)16-32-28(34)24(37-29(32)36)15-23-26(35-22-13-18(2)12-19(3)14-22)30-25-20(4)6-5-11-31(25)27(23)33/h5-15H,16H2,1-4H3/b24-15+. The summed E-state index contributed by atoms with van der Waals surface area (Å²) in [5.41, 5.74) is 5.38. The Hall–Kier alpha value is -3.75. The molecule has 1 aliphatic rings. The first kappa shape index (κ1) is 24.9. The van der Waals surface area contributed by atoms with Crippen molar-refractivity contribution in [2.75, 3.05) is 0 Å². The predicted molar refractivity (Wildman–Crippen MR) is 152 cm³/mol. The third-order valence-electron chi connectivity index (χ3n) is 6.07. The first-order chi connectivity index (χ1) is 17.7. The Bertz CT molecular complexity index is 1640. The number of ether oxygens (including phenoxy) is 1. The van der Waals surface area contributed by atoms with E-state index in [1.54, 1.807) is 23.2 Å². The van der Waals surface area contributed by atoms with Gasteiger partial charge in [-0.3, -0.25) is 18.9 Å². The highest BCUT2D eigenvalue weighted by atomic mass is 32.2. The van der Waals surface area contributed by atoms with Crippen LogP contribution in [0, 0.1) is 27.7 Å². The van der Waals surface area contributed by atoms with Crippen molar-refractivity contribution in [3.63, 3.8) is 0 Å². The number of thioether (sulfide) groups is 1. The van der Waals surface area contributed by atoms with Gasteiger partial charge in [0.15, 0.2) is 0 Å². The van der Waals surface area contributed by atoms with Gasteiger partial charge in [-0.25, -0.2) is 0 Å². The fraction of sp³-hybridized carbons (Fsp3) is 0.172. The summed E-state index contributed by atoms with van der Waals surface area (Å²) in [6.45, 7) is 8.22. The average molecular weight is 528 g/mol. The van der Waals surface area contributed by atoms with E-state index in [4.69, 9.17) is 21.9 Å². The lowest BCUT2D eigenvalue weighted by Gasteiger charge is -2.14. The van der Waals surface area contributed by atoms with Crippen LogP contribution in [0.15, 0.2) is 70.5 Å². The third-order valence-corrected chi connectivity index (χ3v) is 7.45. The second-order valence-corrected chi connectivity index (χ2v) is 10.9. The lowest BCUT2D eigenvalue weighted by Crippen LogP contribution is -2.27. The normalized spacial score (nSPS) is 14.7. The van der Waals surface area contributed by atoms with E-state index in [0.29, 0.717) is 27.2 Å². The molecule has 37 heavy (non-hydrogen) atoms. The van der Waals surface area contributed by atoms with Crippen molar-refractivity contribution in [2.45, 2.75) is 34.2 Å². The molecule has 0 N–H and O–H groups in total. The van der Waals surface area contributed by atoms with E-state index in [0.717, 1.165) is 27.8 Å². The first-order valence-corrected chi connectivity index (χ1v) is 13.0. The van der Waals surface area contributed by atoms with Crippen LogP contribution in [0.25, 0.3) is 11.7 Å². The van der Waals surface area contributed by atoms with Crippen LogP contribution in [-0.2, 0) is 11.3 Å². The molecule has 0 saturated carbocycles. The maximum Gasteiger partial charge on any atom is 0.269 e. The summed E-state index contributed by atoms with van der Waals surface area (Å²) >= 11 is 6.70. The summed E-state index contributed by atoms with van der Waals surface area (Å²) < 4.78 is 8.10. The van der Waals surface area contributed by atoms with E-state index in [2.05, 4.69) is 0 Å². The van der Waals surface area contributed by atoms with E-state index in [1.807, 2.05) is 76.2 Å². The van der Waals surface area contributed by atoms with Gasteiger partial charge < -0.3 is 4.74 Å². The van der Waals surface area contributed by atoms with Crippen molar-refractivity contribution in [3.05, 3.63) is 109 Å². The van der Waals surface area contributed by atoms with Gasteiger partial charge in [0, 0.05) is 6.20 Å². The molecule has 0 bridgehead atoms. The molecule has 8 heteroatoms. The lowest BCUT2D eigenvalue weighted by atomic mass is 10.1. The fourth-order valence-electron chi connectivity index (χ4n) is 4.24. The van der Waals surface area contributed by atoms with E-state index in [-0.39, 0.29) is 22.9 Å². The number of nitrogens with zero attached hydrogens (tertiary/aromatic N) is 3. The van der Waals surface area contributed by atoms with E-state index in [1.165, 1.54) is 16.2 Å². The maximum atomic E-state index is 13.6. The van der Waals surface area contributed by atoms with Crippen LogP contribution in [0.5, 0.6) is 11.6 Å². The maximum absolute atomic E-state index is 13.6. The topological polar surface area (TPSA) is 63.9 Å². The second kappa shape index (κ2) is 9.95. The SMILES string of the molecule is Cc1ccc(CN2C(=O)/C(=C\c3c(Oc4cc(C)cc(C)c4)nc4c(C)cccn4c3=O)SC2=S)cc1. The van der Waals surface area contributed by atoms with E-state index < -0.39 is 0 Å². The van der Waals surface area contributed by atoms with Crippen molar-refractivity contribution in [1.82, 2.24) is 14.3 Å². The minimum Gasteiger partial charge on any atom is -0.438 e. The van der Waals surface area contributed by atoms with Gasteiger partial charge in [0.05, 0.1) is 11.4 Å². The quantitative estimate of drug-likeness (QED) is 0.230. The number of rotatable bonds is 5. The summed E-state index contributed by atoms with van der Waals surface area (Å²) in [6.07, 6.45) is 3.22. The Morgan fingerprint density at radius 2 is 1.68 bits per heavy atom. The van der Waals surface area contributed by atoms with Crippen molar-refractivity contribution >= 4 is 45.9 Å². The number of hydrogen-bond donors (Lipinski definition) is 0. The first-order valence-electron chi connectivity index (χ1n) is 11.8. The van der Waals surface area contributed by atoms with Gasteiger partial charge in [0.25, 0.3) is 11.5 Å². The van der Waals surface area contributed by atoms with Crippen LogP contribution >= 0.6 is 24.0 Å². The molecule has 6 nitrogen and oxygen atoms in total. The highest BCUT2D eigenvalue weighted by Gasteiger charge is 2.33. The summed E-state index contributed by atoms with van der Waals surface area (Å²) in [5.74, 6) is 0.471. The van der Waals surface area contributed by atoms with Gasteiger partial charge in [0.2, 0.25) is 5.88 Å². The number of hydrogen-bond acceptors (Lipinski definition) is 6. The molecule has 1 amide bonds. The summed E-state index contributed by atoms with van der Waals surface area (Å²) in [5, 5.41) is 0. The van der Waals surface area contributed by atoms with Crippen molar-refractivity contribution in [1.29, 1.82) is 0 Å². The minimum atomic E-state index is -0.322. The van der Waals surface area contributed by atoms with Gasteiger partial charge in [-0.2, -0.15) is 4.98 Å². The van der Waals surface area contributed by atoms with Crippen LogP contribution < -0.4 is 10.3 Å². The van der Waals surface area contributed by atoms with Crippen molar-refractivity contribution < 1.29 is 9.53 Å². The monoisotopic (exact) mass is 527 g/mol. The molecule has 1 fully saturated rings. The van der Waals surface area contributed by atoms with Gasteiger partial charge in [0.1, 0.15) is 21.3 Å². The molecule has 5 rings (SSSR count). The van der Waals surface area contributed by atoms with E-state index in [9.17, 15) is 9.59 Å². The van der Waals surface area contributed by atoms with Crippen molar-refractivity contribution in [2.24, 2.45) is 0 Å². The highest BCUT2D eigenvalue weighted by Crippen LogP contribution is 2.35. The van der Waals surface area contributed by atoms with Gasteiger partial charge in [-0.05, 0) is 74.2 Å². The van der Waals surface area contributed by atoms with Crippen LogP contribution in [0.1, 0.15) is 33.4 Å². The number of aromatic nitrogens is 2. The molecule has 3 heterocycles. The Labute approximate surface area is 224 Å². The molecule has 2 aromatic carbocycles. The van der Waals surface area contributed by atoms with Gasteiger partial charge >= 0.3 is 0 Å². The number of pyridine rings is 1. The molecule has 4 aromatic rings. The predicted octanol–water partition coefficient (Wildman–Crippen LogP) is 6.12. The number of aryl methyl sites for hydroxylation is 4. The lowest BCUT2D eigenvalue weighted by molar-refractivity contribution is -0.122. The molecule has 2 aromatic heterocycles. The Morgan fingerprint density at radius 1 is 0.973 bits per heavy atom. The van der Waals surface area contributed by atoms with Crippen molar-refractivity contribution in [3.8, 4) is 11.6 Å². The number of carbonyl (C=O) groups is 1.